The number of carbonyl (C=O) groups is 2. The summed E-state index contributed by atoms with van der Waals surface area (Å²) in [5.74, 6) is -3.06. The van der Waals surface area contributed by atoms with Crippen molar-refractivity contribution in [3.63, 3.8) is 0 Å². The highest BCUT2D eigenvalue weighted by Gasteiger charge is 2.25. The van der Waals surface area contributed by atoms with Crippen molar-refractivity contribution >= 4 is 23.3 Å². The molecule has 0 aliphatic heterocycles. The summed E-state index contributed by atoms with van der Waals surface area (Å²) in [6, 6.07) is 8.20. The Balaban J connectivity index is 1.84. The molecule has 0 saturated carbocycles. The van der Waals surface area contributed by atoms with Gasteiger partial charge in [0.25, 0.3) is 5.91 Å². The second-order valence-corrected chi connectivity index (χ2v) is 6.00. The zero-order chi connectivity index (χ0) is 18.8. The predicted octanol–water partition coefficient (Wildman–Crippen LogP) is 3.72. The Kier molecular flexibility index (Phi) is 4.71. The predicted molar refractivity (Wildman–Crippen MR) is 93.3 cm³/mol. The fourth-order valence-corrected chi connectivity index (χ4v) is 2.93. The van der Waals surface area contributed by atoms with Gasteiger partial charge in [0.2, 0.25) is 0 Å². The average molecular weight is 358 g/mol. The van der Waals surface area contributed by atoms with E-state index in [4.69, 9.17) is 10.8 Å². The average Bonchev–Trinajstić information content (AvgIpc) is 3.09. The van der Waals surface area contributed by atoms with E-state index in [0.717, 1.165) is 0 Å². The zero-order valence-electron chi connectivity index (χ0n) is 13.7. The number of aliphatic carboxylic acids is 1. The van der Waals surface area contributed by atoms with Gasteiger partial charge >= 0.3 is 5.97 Å². The van der Waals surface area contributed by atoms with Crippen molar-refractivity contribution in [1.29, 1.82) is 0 Å². The third-order valence-corrected chi connectivity index (χ3v) is 4.30. The van der Waals surface area contributed by atoms with Crippen molar-refractivity contribution in [2.45, 2.75) is 19.3 Å². The van der Waals surface area contributed by atoms with Crippen molar-refractivity contribution < 1.29 is 23.5 Å². The minimum Gasteiger partial charge on any atom is -0.478 e. The fourth-order valence-electron chi connectivity index (χ4n) is 2.93. The number of hydrogen-bond acceptors (Lipinski definition) is 3. The maximum Gasteiger partial charge on any atom is 0.332 e. The third-order valence-electron chi connectivity index (χ3n) is 4.30. The highest BCUT2D eigenvalue weighted by Crippen LogP contribution is 2.29. The van der Waals surface area contributed by atoms with Gasteiger partial charge in [-0.1, -0.05) is 12.1 Å². The van der Waals surface area contributed by atoms with Crippen LogP contribution in [-0.2, 0) is 9.59 Å². The fraction of sp³-hybridized carbons (Fsp3) is 0.158. The Morgan fingerprint density at radius 2 is 1.58 bits per heavy atom. The number of carboxylic acids is 1. The van der Waals surface area contributed by atoms with Gasteiger partial charge in [0.15, 0.2) is 0 Å². The molecule has 0 bridgehead atoms. The van der Waals surface area contributed by atoms with Crippen molar-refractivity contribution in [2.24, 2.45) is 0 Å². The van der Waals surface area contributed by atoms with E-state index in [1.54, 1.807) is 6.07 Å². The van der Waals surface area contributed by atoms with E-state index in [0.29, 0.717) is 30.4 Å². The summed E-state index contributed by atoms with van der Waals surface area (Å²) < 4.78 is 27.9. The van der Waals surface area contributed by atoms with Crippen molar-refractivity contribution in [2.75, 3.05) is 11.1 Å². The molecular formula is C19H16F2N2O3. The van der Waals surface area contributed by atoms with E-state index in [9.17, 15) is 18.4 Å². The van der Waals surface area contributed by atoms with E-state index in [2.05, 4.69) is 5.32 Å². The number of rotatable bonds is 4. The molecule has 1 aliphatic rings. The van der Waals surface area contributed by atoms with Crippen molar-refractivity contribution in [1.82, 2.24) is 0 Å². The molecule has 2 aromatic carbocycles. The molecule has 0 atom stereocenters. The second-order valence-electron chi connectivity index (χ2n) is 6.00. The molecule has 0 spiro atoms. The van der Waals surface area contributed by atoms with Gasteiger partial charge in [0, 0.05) is 11.1 Å². The third kappa shape index (κ3) is 3.42. The number of carboxylic acid groups (broad SMARTS) is 1. The lowest BCUT2D eigenvalue weighted by molar-refractivity contribution is -0.133. The molecule has 0 aromatic heterocycles. The number of hydrogen-bond donors (Lipinski definition) is 3. The van der Waals surface area contributed by atoms with Crippen LogP contribution in [0, 0.1) is 11.6 Å². The van der Waals surface area contributed by atoms with Gasteiger partial charge in [-0.05, 0) is 54.7 Å². The van der Waals surface area contributed by atoms with Crippen molar-refractivity contribution in [3.8, 4) is 11.1 Å². The molecule has 2 aromatic rings. The van der Waals surface area contributed by atoms with E-state index >= 15 is 0 Å². The maximum absolute atomic E-state index is 14.4. The van der Waals surface area contributed by atoms with Crippen LogP contribution in [-0.4, -0.2) is 17.0 Å². The summed E-state index contributed by atoms with van der Waals surface area (Å²) in [6.07, 6.45) is 1.24. The topological polar surface area (TPSA) is 92.4 Å². The summed E-state index contributed by atoms with van der Waals surface area (Å²) in [6.45, 7) is 0. The molecule has 0 saturated heterocycles. The highest BCUT2D eigenvalue weighted by molar-refractivity contribution is 6.09. The first-order chi connectivity index (χ1) is 12.4. The van der Waals surface area contributed by atoms with Gasteiger partial charge in [0.1, 0.15) is 11.6 Å². The van der Waals surface area contributed by atoms with Gasteiger partial charge < -0.3 is 16.2 Å². The minimum atomic E-state index is -1.13. The van der Waals surface area contributed by atoms with E-state index in [1.807, 2.05) is 0 Å². The quantitative estimate of drug-likeness (QED) is 0.727. The summed E-state index contributed by atoms with van der Waals surface area (Å²) >= 11 is 0. The number of nitrogen functional groups attached to an aromatic ring is 1. The minimum absolute atomic E-state index is 0.00261. The summed E-state index contributed by atoms with van der Waals surface area (Å²) in [5.41, 5.74) is 6.45. The summed E-state index contributed by atoms with van der Waals surface area (Å²) in [7, 11) is 0. The lowest BCUT2D eigenvalue weighted by Gasteiger charge is -2.10. The van der Waals surface area contributed by atoms with Gasteiger partial charge in [-0.3, -0.25) is 4.79 Å². The van der Waals surface area contributed by atoms with E-state index < -0.39 is 23.5 Å². The zero-order valence-corrected chi connectivity index (χ0v) is 13.7. The number of carbonyl (C=O) groups excluding carboxylic acids is 1. The van der Waals surface area contributed by atoms with Gasteiger partial charge in [-0.25, -0.2) is 13.6 Å². The van der Waals surface area contributed by atoms with E-state index in [-0.39, 0.29) is 22.5 Å². The molecule has 0 radical (unpaired) electrons. The summed E-state index contributed by atoms with van der Waals surface area (Å²) in [4.78, 5) is 23.4. The first-order valence-corrected chi connectivity index (χ1v) is 7.98. The lowest BCUT2D eigenvalue weighted by Crippen LogP contribution is -2.17. The number of nitrogens with two attached hydrogens (primary N) is 1. The van der Waals surface area contributed by atoms with Crippen LogP contribution in [0.3, 0.4) is 0 Å². The van der Waals surface area contributed by atoms with Crippen LogP contribution < -0.4 is 11.1 Å². The summed E-state index contributed by atoms with van der Waals surface area (Å²) in [5, 5.41) is 11.5. The number of nitrogens with one attached hydrogen (secondary N) is 1. The molecule has 4 N–H and O–H groups in total. The number of amides is 1. The Morgan fingerprint density at radius 1 is 0.962 bits per heavy atom. The van der Waals surface area contributed by atoms with Crippen LogP contribution in [0.2, 0.25) is 0 Å². The van der Waals surface area contributed by atoms with Crippen LogP contribution in [0.1, 0.15) is 19.3 Å². The molecule has 1 aliphatic carbocycles. The van der Waals surface area contributed by atoms with Gasteiger partial charge in [-0.2, -0.15) is 0 Å². The van der Waals surface area contributed by atoms with Crippen LogP contribution >= 0.6 is 0 Å². The molecule has 134 valence electrons. The SMILES string of the molecule is Nc1ccc(-c2ccc(NC(=O)C3=C(C(=O)O)CCC3)c(F)c2)cc1F. The van der Waals surface area contributed by atoms with Crippen LogP contribution in [0.4, 0.5) is 20.2 Å². The monoisotopic (exact) mass is 358 g/mol. The van der Waals surface area contributed by atoms with Crippen LogP contribution in [0.15, 0.2) is 47.5 Å². The Bertz CT molecular complexity index is 938. The number of anilines is 2. The molecule has 3 rings (SSSR count). The first kappa shape index (κ1) is 17.6. The normalized spacial score (nSPS) is 13.8. The number of benzene rings is 2. The van der Waals surface area contributed by atoms with Crippen LogP contribution in [0.25, 0.3) is 11.1 Å². The molecular weight excluding hydrogens is 342 g/mol. The Labute approximate surface area is 148 Å². The smallest absolute Gasteiger partial charge is 0.332 e. The molecule has 7 heteroatoms. The largest absolute Gasteiger partial charge is 0.478 e. The van der Waals surface area contributed by atoms with Crippen LogP contribution in [0.5, 0.6) is 0 Å². The maximum atomic E-state index is 14.4. The van der Waals surface area contributed by atoms with Crippen molar-refractivity contribution in [3.05, 3.63) is 59.2 Å². The standard InChI is InChI=1S/C19H16F2N2O3/c20-14-8-10(4-6-16(14)22)11-5-7-17(15(21)9-11)23-18(24)12-2-1-3-13(12)19(25)26/h4-9H,1-3,22H2,(H,23,24)(H,25,26). The molecule has 0 unspecified atom stereocenters. The first-order valence-electron chi connectivity index (χ1n) is 7.98. The highest BCUT2D eigenvalue weighted by atomic mass is 19.1. The Morgan fingerprint density at radius 3 is 2.19 bits per heavy atom. The van der Waals surface area contributed by atoms with E-state index in [1.165, 1.54) is 30.3 Å². The molecule has 0 heterocycles. The molecule has 0 fully saturated rings. The molecule has 26 heavy (non-hydrogen) atoms. The Hall–Kier alpha value is -3.22. The molecule has 5 nitrogen and oxygen atoms in total. The number of halogens is 2. The van der Waals surface area contributed by atoms with Gasteiger partial charge in [0.05, 0.1) is 11.4 Å². The lowest BCUT2D eigenvalue weighted by atomic mass is 10.0. The molecule has 1 amide bonds. The van der Waals surface area contributed by atoms with Gasteiger partial charge in [-0.15, -0.1) is 0 Å². The second kappa shape index (κ2) is 6.95.